The predicted octanol–water partition coefficient (Wildman–Crippen LogP) is 5.84. The van der Waals surface area contributed by atoms with E-state index in [9.17, 15) is 0 Å². The molecular weight excluding hydrogens is 316 g/mol. The Morgan fingerprint density at radius 3 is 1.85 bits per heavy atom. The van der Waals surface area contributed by atoms with Crippen molar-refractivity contribution >= 4 is 0 Å². The van der Waals surface area contributed by atoms with E-state index in [1.165, 1.54) is 35.1 Å². The molecule has 1 fully saturated rings. The molecule has 0 radical (unpaired) electrons. The van der Waals surface area contributed by atoms with E-state index in [1.54, 1.807) is 0 Å². The zero-order chi connectivity index (χ0) is 17.6. The minimum absolute atomic E-state index is 0.286. The van der Waals surface area contributed by atoms with Crippen LogP contribution in [0.2, 0.25) is 0 Å². The van der Waals surface area contributed by atoms with Crippen molar-refractivity contribution in [3.8, 4) is 0 Å². The van der Waals surface area contributed by atoms with Crippen molar-refractivity contribution in [2.75, 3.05) is 13.2 Å². The van der Waals surface area contributed by atoms with Crippen molar-refractivity contribution in [3.05, 3.63) is 107 Å². The van der Waals surface area contributed by atoms with E-state index in [2.05, 4.69) is 84.9 Å². The molecule has 1 nitrogen and oxygen atoms in total. The van der Waals surface area contributed by atoms with Gasteiger partial charge in [0.15, 0.2) is 0 Å². The van der Waals surface area contributed by atoms with Crippen LogP contribution in [0, 0.1) is 5.92 Å². The molecule has 4 rings (SSSR count). The van der Waals surface area contributed by atoms with Crippen molar-refractivity contribution in [3.63, 3.8) is 0 Å². The first-order chi connectivity index (χ1) is 12.9. The van der Waals surface area contributed by atoms with Gasteiger partial charge < -0.3 is 4.74 Å². The molecule has 0 atom stereocenters. The van der Waals surface area contributed by atoms with Crippen molar-refractivity contribution in [2.24, 2.45) is 5.92 Å². The zero-order valence-corrected chi connectivity index (χ0v) is 15.2. The van der Waals surface area contributed by atoms with Crippen molar-refractivity contribution in [1.29, 1.82) is 0 Å². The summed E-state index contributed by atoms with van der Waals surface area (Å²) in [7, 11) is 0. The summed E-state index contributed by atoms with van der Waals surface area (Å²) in [6.45, 7) is 1.82. The van der Waals surface area contributed by atoms with Gasteiger partial charge in [-0.1, -0.05) is 84.9 Å². The van der Waals surface area contributed by atoms with Gasteiger partial charge in [-0.3, -0.25) is 0 Å². The maximum atomic E-state index is 5.55. The van der Waals surface area contributed by atoms with E-state index in [4.69, 9.17) is 4.74 Å². The van der Waals surface area contributed by atoms with Gasteiger partial charge in [0.2, 0.25) is 0 Å². The van der Waals surface area contributed by atoms with Crippen molar-refractivity contribution < 1.29 is 4.74 Å². The van der Waals surface area contributed by atoms with E-state index in [0.717, 1.165) is 25.6 Å². The minimum atomic E-state index is 0.286. The summed E-state index contributed by atoms with van der Waals surface area (Å²) in [5.41, 5.74) is 5.64. The Morgan fingerprint density at radius 2 is 1.23 bits per heavy atom. The van der Waals surface area contributed by atoms with Crippen LogP contribution in [0.5, 0.6) is 0 Å². The molecule has 0 N–H and O–H groups in total. The summed E-state index contributed by atoms with van der Waals surface area (Å²) in [5.74, 6) is 1.02. The number of hydrogen-bond acceptors (Lipinski definition) is 1. The Hall–Kier alpha value is -2.38. The molecule has 0 unspecified atom stereocenters. The smallest absolute Gasteiger partial charge is 0.0468 e. The lowest BCUT2D eigenvalue weighted by molar-refractivity contribution is 0.0665. The van der Waals surface area contributed by atoms with Crippen LogP contribution in [0.4, 0.5) is 0 Å². The van der Waals surface area contributed by atoms with E-state index >= 15 is 0 Å². The maximum Gasteiger partial charge on any atom is 0.0468 e. The van der Waals surface area contributed by atoms with Crippen LogP contribution in [-0.4, -0.2) is 13.2 Å². The molecule has 1 aliphatic rings. The van der Waals surface area contributed by atoms with Crippen molar-refractivity contribution in [1.82, 2.24) is 0 Å². The normalized spacial score (nSPS) is 15.3. The van der Waals surface area contributed by atoms with Gasteiger partial charge >= 0.3 is 0 Å². The topological polar surface area (TPSA) is 9.23 Å². The monoisotopic (exact) mass is 342 g/mol. The van der Waals surface area contributed by atoms with Gasteiger partial charge in [-0.15, -0.1) is 0 Å². The van der Waals surface area contributed by atoms with E-state index < -0.39 is 0 Å². The quantitative estimate of drug-likeness (QED) is 0.530. The summed E-state index contributed by atoms with van der Waals surface area (Å²) in [6, 6.07) is 30.8. The molecule has 0 saturated carbocycles. The molecule has 1 heteroatoms. The largest absolute Gasteiger partial charge is 0.381 e. The molecule has 0 spiro atoms. The average molecular weight is 342 g/mol. The summed E-state index contributed by atoms with van der Waals surface area (Å²) in [5, 5.41) is 0. The van der Waals surface area contributed by atoms with Gasteiger partial charge in [0, 0.05) is 19.1 Å². The molecule has 3 aromatic rings. The summed E-state index contributed by atoms with van der Waals surface area (Å²) < 4.78 is 5.55. The maximum absolute atomic E-state index is 5.55. The number of hydrogen-bond donors (Lipinski definition) is 0. The highest BCUT2D eigenvalue weighted by atomic mass is 16.5. The fourth-order valence-electron chi connectivity index (χ4n) is 4.11. The zero-order valence-electron chi connectivity index (χ0n) is 15.2. The molecule has 1 aliphatic heterocycles. The third-order valence-electron chi connectivity index (χ3n) is 5.48. The molecular formula is C25H26O. The van der Waals surface area contributed by atoms with Crippen LogP contribution in [0.25, 0.3) is 0 Å². The van der Waals surface area contributed by atoms with Crippen LogP contribution >= 0.6 is 0 Å². The van der Waals surface area contributed by atoms with Gasteiger partial charge in [-0.05, 0) is 47.4 Å². The number of ether oxygens (including phenoxy) is 1. The lowest BCUT2D eigenvalue weighted by Gasteiger charge is -2.26. The predicted molar refractivity (Wildman–Crippen MR) is 108 cm³/mol. The molecule has 0 aromatic heterocycles. The second-order valence-electron chi connectivity index (χ2n) is 7.21. The van der Waals surface area contributed by atoms with Crippen LogP contribution in [0.1, 0.15) is 41.0 Å². The first-order valence-corrected chi connectivity index (χ1v) is 9.67. The van der Waals surface area contributed by atoms with Crippen LogP contribution < -0.4 is 0 Å². The summed E-state index contributed by atoms with van der Waals surface area (Å²) in [6.07, 6.45) is 3.50. The van der Waals surface area contributed by atoms with E-state index in [1.807, 2.05) is 0 Å². The van der Waals surface area contributed by atoms with Crippen LogP contribution in [-0.2, 0) is 11.2 Å². The Balaban J connectivity index is 1.74. The Bertz CT molecular complexity index is 764. The Labute approximate surface area is 156 Å². The molecule has 3 aromatic carbocycles. The molecule has 0 amide bonds. The SMILES string of the molecule is c1ccc(C(c2ccccc2)c2ccccc2CC2CCOCC2)cc1. The molecule has 0 aliphatic carbocycles. The lowest BCUT2D eigenvalue weighted by Crippen LogP contribution is -2.18. The van der Waals surface area contributed by atoms with Gasteiger partial charge in [0.05, 0.1) is 0 Å². The first-order valence-electron chi connectivity index (χ1n) is 9.67. The highest BCUT2D eigenvalue weighted by Gasteiger charge is 2.22. The van der Waals surface area contributed by atoms with Gasteiger partial charge in [-0.2, -0.15) is 0 Å². The number of benzene rings is 3. The van der Waals surface area contributed by atoms with Crippen LogP contribution in [0.15, 0.2) is 84.9 Å². The second kappa shape index (κ2) is 8.33. The van der Waals surface area contributed by atoms with Gasteiger partial charge in [0.25, 0.3) is 0 Å². The highest BCUT2D eigenvalue weighted by Crippen LogP contribution is 2.35. The molecule has 132 valence electrons. The standard InChI is InChI=1S/C25H26O/c1-3-9-21(10-4-1)25(22-11-5-2-6-12-22)24-14-8-7-13-23(24)19-20-15-17-26-18-16-20/h1-14,20,25H,15-19H2. The fraction of sp³-hybridized carbons (Fsp3) is 0.280. The summed E-state index contributed by atoms with van der Waals surface area (Å²) in [4.78, 5) is 0. The molecule has 0 bridgehead atoms. The first kappa shape index (κ1) is 17.1. The molecule has 1 heterocycles. The Morgan fingerprint density at radius 1 is 0.692 bits per heavy atom. The summed E-state index contributed by atoms with van der Waals surface area (Å²) >= 11 is 0. The fourth-order valence-corrected chi connectivity index (χ4v) is 4.11. The Kier molecular flexibility index (Phi) is 5.47. The van der Waals surface area contributed by atoms with Gasteiger partial charge in [-0.25, -0.2) is 0 Å². The third kappa shape index (κ3) is 3.89. The number of rotatable bonds is 5. The highest BCUT2D eigenvalue weighted by molar-refractivity contribution is 5.46. The lowest BCUT2D eigenvalue weighted by atomic mass is 9.80. The second-order valence-corrected chi connectivity index (χ2v) is 7.21. The average Bonchev–Trinajstić information content (AvgIpc) is 2.72. The minimum Gasteiger partial charge on any atom is -0.381 e. The van der Waals surface area contributed by atoms with Gasteiger partial charge in [0.1, 0.15) is 0 Å². The molecule has 1 saturated heterocycles. The van der Waals surface area contributed by atoms with Crippen LogP contribution in [0.3, 0.4) is 0 Å². The molecule has 26 heavy (non-hydrogen) atoms. The van der Waals surface area contributed by atoms with E-state index in [-0.39, 0.29) is 5.92 Å². The van der Waals surface area contributed by atoms with Crippen molar-refractivity contribution in [2.45, 2.75) is 25.2 Å². The third-order valence-corrected chi connectivity index (χ3v) is 5.48. The van der Waals surface area contributed by atoms with E-state index in [0.29, 0.717) is 0 Å².